The summed E-state index contributed by atoms with van der Waals surface area (Å²) < 4.78 is 1.11. The molecule has 24 heavy (non-hydrogen) atoms. The summed E-state index contributed by atoms with van der Waals surface area (Å²) in [7, 11) is 0. The fourth-order valence-electron chi connectivity index (χ4n) is 3.12. The first-order valence-electron chi connectivity index (χ1n) is 8.43. The fourth-order valence-corrected chi connectivity index (χ4v) is 3.51. The number of hydrogen-bond donors (Lipinski definition) is 1. The van der Waals surface area contributed by atoms with Gasteiger partial charge in [0.2, 0.25) is 5.91 Å². The van der Waals surface area contributed by atoms with Gasteiger partial charge in [-0.05, 0) is 43.0 Å². The Kier molecular flexibility index (Phi) is 5.56. The van der Waals surface area contributed by atoms with Crippen LogP contribution in [0.3, 0.4) is 0 Å². The first-order chi connectivity index (χ1) is 11.6. The number of benzene rings is 2. The number of halogens is 1. The first kappa shape index (κ1) is 17.0. The smallest absolute Gasteiger partial charge is 0.224 e. The van der Waals surface area contributed by atoms with Crippen molar-refractivity contribution in [3.05, 3.63) is 64.1 Å². The summed E-state index contributed by atoms with van der Waals surface area (Å²) in [4.78, 5) is 14.5. The van der Waals surface area contributed by atoms with Crippen LogP contribution in [-0.2, 0) is 11.2 Å². The Morgan fingerprint density at radius 2 is 2.04 bits per heavy atom. The van der Waals surface area contributed by atoms with E-state index < -0.39 is 0 Å². The number of carbonyl (C=O) groups is 1. The normalized spacial score (nSPS) is 17.1. The minimum Gasteiger partial charge on any atom is -0.371 e. The van der Waals surface area contributed by atoms with Crippen LogP contribution in [0.15, 0.2) is 53.0 Å². The van der Waals surface area contributed by atoms with Crippen molar-refractivity contribution >= 4 is 27.5 Å². The van der Waals surface area contributed by atoms with Gasteiger partial charge < -0.3 is 10.2 Å². The molecule has 1 aliphatic rings. The van der Waals surface area contributed by atoms with Gasteiger partial charge in [0.15, 0.2) is 0 Å². The monoisotopic (exact) mass is 386 g/mol. The van der Waals surface area contributed by atoms with Crippen LogP contribution in [0.2, 0.25) is 0 Å². The van der Waals surface area contributed by atoms with Crippen LogP contribution >= 0.6 is 15.9 Å². The summed E-state index contributed by atoms with van der Waals surface area (Å²) in [6.45, 7) is 4.87. The molecule has 0 bridgehead atoms. The zero-order valence-electron chi connectivity index (χ0n) is 14.0. The number of aryl methyl sites for hydroxylation is 1. The Hall–Kier alpha value is -1.81. The average Bonchev–Trinajstić information content (AvgIpc) is 3.04. The van der Waals surface area contributed by atoms with Crippen LogP contribution in [0, 0.1) is 12.8 Å². The second kappa shape index (κ2) is 7.84. The Morgan fingerprint density at radius 1 is 1.25 bits per heavy atom. The molecule has 1 heterocycles. The maximum Gasteiger partial charge on any atom is 0.224 e. The van der Waals surface area contributed by atoms with Crippen molar-refractivity contribution in [2.24, 2.45) is 5.92 Å². The predicted octanol–water partition coefficient (Wildman–Crippen LogP) is 3.94. The molecule has 126 valence electrons. The van der Waals surface area contributed by atoms with Gasteiger partial charge in [0, 0.05) is 29.8 Å². The Labute approximate surface area is 152 Å². The van der Waals surface area contributed by atoms with Crippen molar-refractivity contribution in [3.8, 4) is 0 Å². The van der Waals surface area contributed by atoms with Crippen molar-refractivity contribution in [1.82, 2.24) is 5.32 Å². The summed E-state index contributed by atoms with van der Waals surface area (Å²) in [6, 6.07) is 16.6. The van der Waals surface area contributed by atoms with Gasteiger partial charge in [-0.2, -0.15) is 0 Å². The predicted molar refractivity (Wildman–Crippen MR) is 102 cm³/mol. The Morgan fingerprint density at radius 3 is 2.79 bits per heavy atom. The van der Waals surface area contributed by atoms with E-state index in [-0.39, 0.29) is 5.91 Å². The molecule has 1 aliphatic heterocycles. The van der Waals surface area contributed by atoms with Crippen LogP contribution in [0.1, 0.15) is 17.5 Å². The average molecular weight is 387 g/mol. The number of nitrogens with zero attached hydrogens (tertiary/aromatic N) is 1. The molecule has 3 nitrogen and oxygen atoms in total. The molecule has 1 fully saturated rings. The lowest BCUT2D eigenvalue weighted by molar-refractivity contribution is -0.120. The SMILES string of the molecule is Cc1ccc(CC(=O)NCC2CCN(c3cccc(Br)c3)C2)cc1. The third-order valence-electron chi connectivity index (χ3n) is 4.53. The maximum absolute atomic E-state index is 12.1. The summed E-state index contributed by atoms with van der Waals surface area (Å²) in [5, 5.41) is 3.10. The molecule has 4 heteroatoms. The van der Waals surface area contributed by atoms with E-state index in [1.165, 1.54) is 11.3 Å². The molecule has 3 rings (SSSR count). The lowest BCUT2D eigenvalue weighted by Gasteiger charge is -2.19. The molecule has 0 saturated carbocycles. The van der Waals surface area contributed by atoms with E-state index in [1.807, 2.05) is 18.2 Å². The Balaban J connectivity index is 1.45. The molecule has 1 saturated heterocycles. The number of anilines is 1. The molecule has 2 aromatic carbocycles. The highest BCUT2D eigenvalue weighted by Gasteiger charge is 2.23. The summed E-state index contributed by atoms with van der Waals surface area (Å²) >= 11 is 3.53. The highest BCUT2D eigenvalue weighted by atomic mass is 79.9. The molecule has 1 amide bonds. The summed E-state index contributed by atoms with van der Waals surface area (Å²) in [5.74, 6) is 0.630. The molecular weight excluding hydrogens is 364 g/mol. The zero-order valence-corrected chi connectivity index (χ0v) is 15.6. The van der Waals surface area contributed by atoms with E-state index in [2.05, 4.69) is 63.4 Å². The van der Waals surface area contributed by atoms with Gasteiger partial charge in [0.05, 0.1) is 6.42 Å². The topological polar surface area (TPSA) is 32.3 Å². The molecule has 1 N–H and O–H groups in total. The Bertz CT molecular complexity index is 699. The lowest BCUT2D eigenvalue weighted by Crippen LogP contribution is -2.32. The zero-order chi connectivity index (χ0) is 16.9. The molecule has 0 radical (unpaired) electrons. The van der Waals surface area contributed by atoms with E-state index in [0.717, 1.165) is 36.1 Å². The number of nitrogens with one attached hydrogen (secondary N) is 1. The van der Waals surface area contributed by atoms with Crippen molar-refractivity contribution in [2.45, 2.75) is 19.8 Å². The largest absolute Gasteiger partial charge is 0.371 e. The lowest BCUT2D eigenvalue weighted by atomic mass is 10.1. The van der Waals surface area contributed by atoms with Gasteiger partial charge in [-0.3, -0.25) is 4.79 Å². The molecular formula is C20H23BrN2O. The summed E-state index contributed by atoms with van der Waals surface area (Å²) in [6.07, 6.45) is 1.58. The molecule has 0 spiro atoms. The molecule has 0 aliphatic carbocycles. The first-order valence-corrected chi connectivity index (χ1v) is 9.22. The van der Waals surface area contributed by atoms with E-state index >= 15 is 0 Å². The van der Waals surface area contributed by atoms with Crippen molar-refractivity contribution in [1.29, 1.82) is 0 Å². The highest BCUT2D eigenvalue weighted by molar-refractivity contribution is 9.10. The van der Waals surface area contributed by atoms with Crippen LogP contribution < -0.4 is 10.2 Å². The van der Waals surface area contributed by atoms with Gasteiger partial charge in [-0.25, -0.2) is 0 Å². The van der Waals surface area contributed by atoms with E-state index in [0.29, 0.717) is 12.3 Å². The second-order valence-corrected chi connectivity index (χ2v) is 7.46. The van der Waals surface area contributed by atoms with Crippen LogP contribution in [0.4, 0.5) is 5.69 Å². The van der Waals surface area contributed by atoms with E-state index in [1.54, 1.807) is 0 Å². The third-order valence-corrected chi connectivity index (χ3v) is 5.03. The van der Waals surface area contributed by atoms with Crippen LogP contribution in [-0.4, -0.2) is 25.5 Å². The molecule has 1 atom stereocenters. The standard InChI is InChI=1S/C20H23BrN2O/c1-15-5-7-16(8-6-15)11-20(24)22-13-17-9-10-23(14-17)19-4-2-3-18(21)12-19/h2-8,12,17H,9-11,13-14H2,1H3,(H,22,24). The van der Waals surface area contributed by atoms with Crippen molar-refractivity contribution < 1.29 is 4.79 Å². The van der Waals surface area contributed by atoms with Crippen LogP contribution in [0.25, 0.3) is 0 Å². The van der Waals surface area contributed by atoms with Gasteiger partial charge >= 0.3 is 0 Å². The number of carbonyl (C=O) groups excluding carboxylic acids is 1. The van der Waals surface area contributed by atoms with E-state index in [9.17, 15) is 4.79 Å². The highest BCUT2D eigenvalue weighted by Crippen LogP contribution is 2.25. The second-order valence-electron chi connectivity index (χ2n) is 6.55. The van der Waals surface area contributed by atoms with Gasteiger partial charge in [-0.1, -0.05) is 51.8 Å². The number of amides is 1. The van der Waals surface area contributed by atoms with Crippen LogP contribution in [0.5, 0.6) is 0 Å². The van der Waals surface area contributed by atoms with Crippen molar-refractivity contribution in [3.63, 3.8) is 0 Å². The molecule has 2 aromatic rings. The number of rotatable bonds is 5. The fraction of sp³-hybridized carbons (Fsp3) is 0.350. The minimum absolute atomic E-state index is 0.111. The third kappa shape index (κ3) is 4.60. The molecule has 0 aromatic heterocycles. The van der Waals surface area contributed by atoms with E-state index in [4.69, 9.17) is 0 Å². The van der Waals surface area contributed by atoms with Gasteiger partial charge in [0.1, 0.15) is 0 Å². The summed E-state index contributed by atoms with van der Waals surface area (Å²) in [5.41, 5.74) is 3.54. The van der Waals surface area contributed by atoms with Crippen molar-refractivity contribution in [2.75, 3.05) is 24.5 Å². The van der Waals surface area contributed by atoms with Gasteiger partial charge in [-0.15, -0.1) is 0 Å². The number of hydrogen-bond acceptors (Lipinski definition) is 2. The molecule has 1 unspecified atom stereocenters. The maximum atomic E-state index is 12.1. The van der Waals surface area contributed by atoms with Gasteiger partial charge in [0.25, 0.3) is 0 Å². The quantitative estimate of drug-likeness (QED) is 0.843. The minimum atomic E-state index is 0.111.